The van der Waals surface area contributed by atoms with Crippen LogP contribution in [0.5, 0.6) is 5.75 Å². The number of ether oxygens (including phenoxy) is 1. The van der Waals surface area contributed by atoms with E-state index in [4.69, 9.17) is 4.74 Å². The van der Waals surface area contributed by atoms with Crippen molar-refractivity contribution in [2.75, 3.05) is 24.8 Å². The number of hydrogen-bond acceptors (Lipinski definition) is 5. The maximum Gasteiger partial charge on any atom is 0.142 e. The van der Waals surface area contributed by atoms with Crippen molar-refractivity contribution in [3.63, 3.8) is 0 Å². The van der Waals surface area contributed by atoms with Gasteiger partial charge in [-0.15, -0.1) is 0 Å². The molecular weight excluding hydrogens is 228 g/mol. The van der Waals surface area contributed by atoms with E-state index in [1.807, 2.05) is 38.2 Å². The van der Waals surface area contributed by atoms with Gasteiger partial charge in [-0.3, -0.25) is 0 Å². The first-order valence-corrected chi connectivity index (χ1v) is 5.64. The van der Waals surface area contributed by atoms with Gasteiger partial charge in [0, 0.05) is 13.1 Å². The van der Waals surface area contributed by atoms with E-state index in [9.17, 15) is 0 Å². The Morgan fingerprint density at radius 1 is 1.11 bits per heavy atom. The van der Waals surface area contributed by atoms with E-state index >= 15 is 0 Å². The third-order valence-corrected chi connectivity index (χ3v) is 2.54. The van der Waals surface area contributed by atoms with Crippen LogP contribution in [-0.4, -0.2) is 24.1 Å². The van der Waals surface area contributed by atoms with Gasteiger partial charge < -0.3 is 15.4 Å². The summed E-state index contributed by atoms with van der Waals surface area (Å²) in [6, 6.07) is 7.78. The molecule has 5 heteroatoms. The Kier molecular flexibility index (Phi) is 3.62. The van der Waals surface area contributed by atoms with Crippen LogP contribution in [-0.2, 0) is 0 Å². The number of nitrogens with one attached hydrogen (secondary N) is 2. The molecular formula is C13H16N4O. The minimum Gasteiger partial charge on any atom is -0.495 e. The molecule has 2 N–H and O–H groups in total. The number of anilines is 3. The summed E-state index contributed by atoms with van der Waals surface area (Å²) in [7, 11) is 3.47. The largest absolute Gasteiger partial charge is 0.495 e. The van der Waals surface area contributed by atoms with Crippen molar-refractivity contribution in [3.05, 3.63) is 36.2 Å². The predicted molar refractivity (Wildman–Crippen MR) is 72.6 cm³/mol. The van der Waals surface area contributed by atoms with Gasteiger partial charge in [0.05, 0.1) is 12.8 Å². The summed E-state index contributed by atoms with van der Waals surface area (Å²) in [4.78, 5) is 8.24. The van der Waals surface area contributed by atoms with Gasteiger partial charge >= 0.3 is 0 Å². The van der Waals surface area contributed by atoms with Gasteiger partial charge in [0.1, 0.15) is 23.7 Å². The molecule has 0 saturated carbocycles. The molecule has 0 spiro atoms. The monoisotopic (exact) mass is 244 g/mol. The number of rotatable bonds is 4. The van der Waals surface area contributed by atoms with Crippen LogP contribution in [0.25, 0.3) is 0 Å². The summed E-state index contributed by atoms with van der Waals surface area (Å²) in [5.74, 6) is 2.27. The molecule has 2 rings (SSSR count). The third kappa shape index (κ3) is 2.68. The first-order chi connectivity index (χ1) is 8.72. The van der Waals surface area contributed by atoms with Crippen LogP contribution >= 0.6 is 0 Å². The number of nitrogens with zero attached hydrogens (tertiary/aromatic N) is 2. The van der Waals surface area contributed by atoms with Crippen molar-refractivity contribution in [2.24, 2.45) is 0 Å². The van der Waals surface area contributed by atoms with Crippen molar-refractivity contribution < 1.29 is 4.74 Å². The molecule has 94 valence electrons. The molecule has 0 fully saturated rings. The fraction of sp³-hybridized carbons (Fsp3) is 0.231. The zero-order chi connectivity index (χ0) is 13.0. The van der Waals surface area contributed by atoms with Gasteiger partial charge in [-0.2, -0.15) is 0 Å². The zero-order valence-corrected chi connectivity index (χ0v) is 10.7. The first-order valence-electron chi connectivity index (χ1n) is 5.64. The van der Waals surface area contributed by atoms with E-state index < -0.39 is 0 Å². The van der Waals surface area contributed by atoms with Crippen LogP contribution in [0.1, 0.15) is 5.56 Å². The Hall–Kier alpha value is -2.30. The van der Waals surface area contributed by atoms with E-state index in [0.717, 1.165) is 28.6 Å². The van der Waals surface area contributed by atoms with Crippen molar-refractivity contribution in [1.29, 1.82) is 0 Å². The lowest BCUT2D eigenvalue weighted by Crippen LogP contribution is -1.99. The molecule has 0 unspecified atom stereocenters. The fourth-order valence-electron chi connectivity index (χ4n) is 1.62. The van der Waals surface area contributed by atoms with Gasteiger partial charge in [-0.1, -0.05) is 6.07 Å². The number of aryl methyl sites for hydroxylation is 1. The molecule has 1 aromatic heterocycles. The molecule has 1 aromatic carbocycles. The second-order valence-electron chi connectivity index (χ2n) is 3.87. The van der Waals surface area contributed by atoms with Crippen LogP contribution in [0.3, 0.4) is 0 Å². The lowest BCUT2D eigenvalue weighted by atomic mass is 10.2. The highest BCUT2D eigenvalue weighted by atomic mass is 16.5. The third-order valence-electron chi connectivity index (χ3n) is 2.54. The Balaban J connectivity index is 2.29. The average Bonchev–Trinajstić information content (AvgIpc) is 2.39. The van der Waals surface area contributed by atoms with Gasteiger partial charge in [0.25, 0.3) is 0 Å². The Bertz CT molecular complexity index is 542. The smallest absolute Gasteiger partial charge is 0.142 e. The minimum atomic E-state index is 0.721. The van der Waals surface area contributed by atoms with Gasteiger partial charge in [0.15, 0.2) is 0 Å². The molecule has 0 amide bonds. The molecule has 0 aliphatic heterocycles. The zero-order valence-electron chi connectivity index (χ0n) is 10.7. The molecule has 2 aromatic rings. The van der Waals surface area contributed by atoms with Gasteiger partial charge in [0.2, 0.25) is 0 Å². The van der Waals surface area contributed by atoms with Crippen molar-refractivity contribution in [2.45, 2.75) is 6.92 Å². The minimum absolute atomic E-state index is 0.721. The molecule has 18 heavy (non-hydrogen) atoms. The number of hydrogen-bond donors (Lipinski definition) is 2. The molecule has 0 radical (unpaired) electrons. The molecule has 0 aliphatic rings. The van der Waals surface area contributed by atoms with Gasteiger partial charge in [-0.25, -0.2) is 9.97 Å². The summed E-state index contributed by atoms with van der Waals surface area (Å²) in [5, 5.41) is 6.19. The van der Waals surface area contributed by atoms with E-state index in [1.54, 1.807) is 7.11 Å². The molecule has 1 heterocycles. The molecule has 0 atom stereocenters. The second kappa shape index (κ2) is 5.35. The Morgan fingerprint density at radius 2 is 1.89 bits per heavy atom. The maximum absolute atomic E-state index is 5.31. The SMILES string of the molecule is CNc1cc(Nc2cc(C)ccc2OC)ncn1. The normalized spacial score (nSPS) is 9.94. The van der Waals surface area contributed by atoms with E-state index in [1.165, 1.54) is 6.33 Å². The van der Waals surface area contributed by atoms with Crippen LogP contribution in [0.15, 0.2) is 30.6 Å². The Morgan fingerprint density at radius 3 is 2.61 bits per heavy atom. The standard InChI is InChI=1S/C13H16N4O/c1-9-4-5-11(18-3)10(6-9)17-13-7-12(14-2)15-8-16-13/h4-8H,1-3H3,(H2,14,15,16,17). The molecule has 0 saturated heterocycles. The topological polar surface area (TPSA) is 59.1 Å². The highest BCUT2D eigenvalue weighted by molar-refractivity contribution is 5.66. The van der Waals surface area contributed by atoms with Crippen LogP contribution in [0, 0.1) is 6.92 Å². The van der Waals surface area contributed by atoms with Crippen molar-refractivity contribution in [3.8, 4) is 5.75 Å². The van der Waals surface area contributed by atoms with Crippen LogP contribution in [0.2, 0.25) is 0 Å². The average molecular weight is 244 g/mol. The van der Waals surface area contributed by atoms with Crippen molar-refractivity contribution in [1.82, 2.24) is 9.97 Å². The predicted octanol–water partition coefficient (Wildman–Crippen LogP) is 2.58. The Labute approximate surface area is 106 Å². The van der Waals surface area contributed by atoms with E-state index in [0.29, 0.717) is 0 Å². The van der Waals surface area contributed by atoms with E-state index in [2.05, 4.69) is 20.6 Å². The van der Waals surface area contributed by atoms with Crippen molar-refractivity contribution >= 4 is 17.3 Å². The molecule has 0 aliphatic carbocycles. The van der Waals surface area contributed by atoms with Crippen LogP contribution < -0.4 is 15.4 Å². The highest BCUT2D eigenvalue weighted by Crippen LogP contribution is 2.28. The number of benzene rings is 1. The highest BCUT2D eigenvalue weighted by Gasteiger charge is 2.04. The lowest BCUT2D eigenvalue weighted by Gasteiger charge is -2.11. The number of aromatic nitrogens is 2. The van der Waals surface area contributed by atoms with Crippen LogP contribution in [0.4, 0.5) is 17.3 Å². The van der Waals surface area contributed by atoms with E-state index in [-0.39, 0.29) is 0 Å². The fourth-order valence-corrected chi connectivity index (χ4v) is 1.62. The summed E-state index contributed by atoms with van der Waals surface area (Å²) < 4.78 is 5.31. The second-order valence-corrected chi connectivity index (χ2v) is 3.87. The molecule has 5 nitrogen and oxygen atoms in total. The quantitative estimate of drug-likeness (QED) is 0.865. The summed E-state index contributed by atoms with van der Waals surface area (Å²) in [6.07, 6.45) is 1.51. The number of methoxy groups -OCH3 is 1. The summed E-state index contributed by atoms with van der Waals surface area (Å²) >= 11 is 0. The lowest BCUT2D eigenvalue weighted by molar-refractivity contribution is 0.416. The summed E-state index contributed by atoms with van der Waals surface area (Å²) in [5.41, 5.74) is 2.04. The van der Waals surface area contributed by atoms with Gasteiger partial charge in [-0.05, 0) is 24.6 Å². The summed E-state index contributed by atoms with van der Waals surface area (Å²) in [6.45, 7) is 2.03. The molecule has 0 bridgehead atoms. The first kappa shape index (κ1) is 12.2. The maximum atomic E-state index is 5.31.